The highest BCUT2D eigenvalue weighted by Gasteiger charge is 2.36. The molecule has 2 heterocycles. The SMILES string of the molecule is CC1(C)Cc2nc(N3CCOCC3)ncc2[C@H](NC(=O)C(C)(C)N)C1. The van der Waals surface area contributed by atoms with Crippen LogP contribution >= 0.6 is 0 Å². The third-order valence-corrected chi connectivity index (χ3v) is 4.85. The number of fused-ring (bicyclic) bond motifs is 1. The first-order valence-electron chi connectivity index (χ1n) is 8.94. The summed E-state index contributed by atoms with van der Waals surface area (Å²) in [5.74, 6) is 0.599. The molecule has 0 radical (unpaired) electrons. The summed E-state index contributed by atoms with van der Waals surface area (Å²) in [6, 6.07) is -0.104. The smallest absolute Gasteiger partial charge is 0.239 e. The van der Waals surface area contributed by atoms with Gasteiger partial charge in [-0.3, -0.25) is 4.79 Å². The molecular formula is C18H29N5O2. The highest BCUT2D eigenvalue weighted by atomic mass is 16.5. The Kier molecular flexibility index (Phi) is 4.72. The molecule has 25 heavy (non-hydrogen) atoms. The number of anilines is 1. The normalized spacial score (nSPS) is 23.1. The molecule has 1 amide bonds. The molecule has 3 N–H and O–H groups in total. The zero-order valence-electron chi connectivity index (χ0n) is 15.6. The van der Waals surface area contributed by atoms with Gasteiger partial charge in [-0.2, -0.15) is 0 Å². The number of rotatable bonds is 3. The third kappa shape index (κ3) is 4.10. The molecule has 2 aliphatic rings. The van der Waals surface area contributed by atoms with Crippen molar-refractivity contribution in [1.82, 2.24) is 15.3 Å². The Labute approximate surface area is 149 Å². The van der Waals surface area contributed by atoms with Gasteiger partial charge in [0.05, 0.1) is 30.5 Å². The van der Waals surface area contributed by atoms with Crippen LogP contribution in [0.15, 0.2) is 6.20 Å². The van der Waals surface area contributed by atoms with Crippen molar-refractivity contribution in [2.45, 2.75) is 52.1 Å². The standard InChI is InChI=1S/C18H29N5O2/c1-17(2)9-13(21-15(24)18(3,4)19)12-11-20-16(22-14(12)10-17)23-5-7-25-8-6-23/h11,13H,5-10,19H2,1-4H3,(H,21,24)/t13-/m1/s1. The Bertz CT molecular complexity index is 647. The number of carbonyl (C=O) groups is 1. The number of nitrogens with one attached hydrogen (secondary N) is 1. The monoisotopic (exact) mass is 347 g/mol. The van der Waals surface area contributed by atoms with Crippen LogP contribution < -0.4 is 16.0 Å². The van der Waals surface area contributed by atoms with Gasteiger partial charge in [-0.25, -0.2) is 9.97 Å². The number of hydrogen-bond acceptors (Lipinski definition) is 6. The minimum Gasteiger partial charge on any atom is -0.378 e. The second kappa shape index (κ2) is 6.53. The molecule has 0 unspecified atom stereocenters. The lowest BCUT2D eigenvalue weighted by atomic mass is 9.74. The van der Waals surface area contributed by atoms with Crippen LogP contribution in [0.25, 0.3) is 0 Å². The topological polar surface area (TPSA) is 93.4 Å². The fourth-order valence-electron chi connectivity index (χ4n) is 3.43. The van der Waals surface area contributed by atoms with Crippen LogP contribution in [0, 0.1) is 5.41 Å². The molecule has 0 saturated carbocycles. The lowest BCUT2D eigenvalue weighted by Crippen LogP contribution is -2.51. The first-order valence-corrected chi connectivity index (χ1v) is 8.94. The maximum Gasteiger partial charge on any atom is 0.239 e. The van der Waals surface area contributed by atoms with Crippen LogP contribution in [0.2, 0.25) is 0 Å². The van der Waals surface area contributed by atoms with Crippen molar-refractivity contribution >= 4 is 11.9 Å². The average molecular weight is 347 g/mol. The van der Waals surface area contributed by atoms with E-state index < -0.39 is 5.54 Å². The molecule has 7 nitrogen and oxygen atoms in total. The quantitative estimate of drug-likeness (QED) is 0.853. The first kappa shape index (κ1) is 18.1. The number of nitrogens with two attached hydrogens (primary N) is 1. The molecular weight excluding hydrogens is 318 g/mol. The van der Waals surface area contributed by atoms with Gasteiger partial charge in [0.1, 0.15) is 0 Å². The van der Waals surface area contributed by atoms with Gasteiger partial charge < -0.3 is 20.7 Å². The number of nitrogens with zero attached hydrogens (tertiary/aromatic N) is 3. The van der Waals surface area contributed by atoms with Gasteiger partial charge in [-0.1, -0.05) is 13.8 Å². The molecule has 1 saturated heterocycles. The zero-order chi connectivity index (χ0) is 18.2. The van der Waals surface area contributed by atoms with Gasteiger partial charge in [-0.05, 0) is 32.1 Å². The molecule has 0 aromatic carbocycles. The van der Waals surface area contributed by atoms with Gasteiger partial charge in [-0.15, -0.1) is 0 Å². The molecule has 1 aromatic heterocycles. The van der Waals surface area contributed by atoms with E-state index in [4.69, 9.17) is 15.5 Å². The number of ether oxygens (including phenoxy) is 1. The number of amides is 1. The minimum atomic E-state index is -0.906. The third-order valence-electron chi connectivity index (χ3n) is 4.85. The Morgan fingerprint density at radius 3 is 2.72 bits per heavy atom. The van der Waals surface area contributed by atoms with Gasteiger partial charge in [0, 0.05) is 24.8 Å². The van der Waals surface area contributed by atoms with Crippen molar-refractivity contribution in [2.24, 2.45) is 11.1 Å². The molecule has 7 heteroatoms. The summed E-state index contributed by atoms with van der Waals surface area (Å²) < 4.78 is 5.40. The predicted molar refractivity (Wildman–Crippen MR) is 96.3 cm³/mol. The second-order valence-electron chi connectivity index (χ2n) is 8.46. The summed E-state index contributed by atoms with van der Waals surface area (Å²) in [5, 5.41) is 3.09. The lowest BCUT2D eigenvalue weighted by molar-refractivity contribution is -0.126. The van der Waals surface area contributed by atoms with E-state index >= 15 is 0 Å². The highest BCUT2D eigenvalue weighted by molar-refractivity contribution is 5.85. The van der Waals surface area contributed by atoms with Crippen LogP contribution in [0.1, 0.15) is 51.4 Å². The number of carbonyl (C=O) groups excluding carboxylic acids is 1. The average Bonchev–Trinajstić information content (AvgIpc) is 2.53. The molecule has 138 valence electrons. The summed E-state index contributed by atoms with van der Waals surface area (Å²) in [7, 11) is 0. The lowest BCUT2D eigenvalue weighted by Gasteiger charge is -2.38. The Hall–Kier alpha value is -1.73. The van der Waals surface area contributed by atoms with Crippen molar-refractivity contribution in [3.63, 3.8) is 0 Å². The van der Waals surface area contributed by atoms with E-state index in [2.05, 4.69) is 29.0 Å². The van der Waals surface area contributed by atoms with Gasteiger partial charge in [0.25, 0.3) is 0 Å². The van der Waals surface area contributed by atoms with Crippen molar-refractivity contribution < 1.29 is 9.53 Å². The van der Waals surface area contributed by atoms with Gasteiger partial charge in [0.2, 0.25) is 11.9 Å². The Morgan fingerprint density at radius 1 is 1.40 bits per heavy atom. The van der Waals surface area contributed by atoms with Crippen molar-refractivity contribution in [1.29, 1.82) is 0 Å². The highest BCUT2D eigenvalue weighted by Crippen LogP contribution is 2.40. The first-order chi connectivity index (χ1) is 11.7. The maximum absolute atomic E-state index is 12.4. The van der Waals surface area contributed by atoms with E-state index in [1.807, 2.05) is 6.20 Å². The summed E-state index contributed by atoms with van der Waals surface area (Å²) in [6.07, 6.45) is 3.60. The number of aromatic nitrogens is 2. The Balaban J connectivity index is 1.88. The summed E-state index contributed by atoms with van der Waals surface area (Å²) >= 11 is 0. The molecule has 1 aromatic rings. The van der Waals surface area contributed by atoms with Crippen LogP contribution in [0.4, 0.5) is 5.95 Å². The summed E-state index contributed by atoms with van der Waals surface area (Å²) in [5.41, 5.74) is 7.12. The molecule has 0 spiro atoms. The van der Waals surface area contributed by atoms with Crippen LogP contribution in [-0.2, 0) is 16.0 Å². The minimum absolute atomic E-state index is 0.0559. The van der Waals surface area contributed by atoms with Crippen molar-refractivity contribution in [2.75, 3.05) is 31.2 Å². The van der Waals surface area contributed by atoms with E-state index in [1.165, 1.54) is 0 Å². The number of morpholine rings is 1. The molecule has 1 fully saturated rings. The van der Waals surface area contributed by atoms with E-state index in [0.29, 0.717) is 13.2 Å². The number of hydrogen-bond donors (Lipinski definition) is 2. The summed E-state index contributed by atoms with van der Waals surface area (Å²) in [4.78, 5) is 23.9. The van der Waals surface area contributed by atoms with Gasteiger partial charge >= 0.3 is 0 Å². The maximum atomic E-state index is 12.4. The van der Waals surface area contributed by atoms with Crippen LogP contribution in [0.5, 0.6) is 0 Å². The van der Waals surface area contributed by atoms with Gasteiger partial charge in [0.15, 0.2) is 0 Å². The van der Waals surface area contributed by atoms with E-state index in [9.17, 15) is 4.79 Å². The molecule has 3 rings (SSSR count). The molecule has 0 bridgehead atoms. The van der Waals surface area contributed by atoms with Crippen molar-refractivity contribution in [3.8, 4) is 0 Å². The predicted octanol–water partition coefficient (Wildman–Crippen LogP) is 1.18. The van der Waals surface area contributed by atoms with E-state index in [-0.39, 0.29) is 17.4 Å². The fourth-order valence-corrected chi connectivity index (χ4v) is 3.43. The largest absolute Gasteiger partial charge is 0.378 e. The van der Waals surface area contributed by atoms with Crippen LogP contribution in [0.3, 0.4) is 0 Å². The van der Waals surface area contributed by atoms with E-state index in [0.717, 1.165) is 43.1 Å². The second-order valence-corrected chi connectivity index (χ2v) is 8.46. The van der Waals surface area contributed by atoms with E-state index in [1.54, 1.807) is 13.8 Å². The molecule has 1 aliphatic carbocycles. The zero-order valence-corrected chi connectivity index (χ0v) is 15.6. The van der Waals surface area contributed by atoms with Crippen LogP contribution in [-0.4, -0.2) is 47.7 Å². The Morgan fingerprint density at radius 2 is 2.08 bits per heavy atom. The molecule has 1 atom stereocenters. The molecule has 1 aliphatic heterocycles. The summed E-state index contributed by atoms with van der Waals surface area (Å²) in [6.45, 7) is 10.9. The fraction of sp³-hybridized carbons (Fsp3) is 0.722. The van der Waals surface area contributed by atoms with Crippen molar-refractivity contribution in [3.05, 3.63) is 17.5 Å².